The Balaban J connectivity index is 1.88. The molecule has 0 aliphatic rings. The molecule has 0 heterocycles. The van der Waals surface area contributed by atoms with Crippen LogP contribution in [-0.2, 0) is 0 Å². The number of carbonyl (C=O) groups excluding carboxylic acids is 2. The molecule has 2 N–H and O–H groups in total. The number of halogens is 2. The van der Waals surface area contributed by atoms with Gasteiger partial charge in [-0.15, -0.1) is 0 Å². The van der Waals surface area contributed by atoms with Crippen molar-refractivity contribution in [2.24, 2.45) is 0 Å². The fourth-order valence-electron chi connectivity index (χ4n) is 3.14. The van der Waals surface area contributed by atoms with Gasteiger partial charge in [-0.05, 0) is 72.6 Å². The summed E-state index contributed by atoms with van der Waals surface area (Å²) in [5.74, 6) is 0.340. The highest BCUT2D eigenvalue weighted by molar-refractivity contribution is 6.31. The van der Waals surface area contributed by atoms with Crippen molar-refractivity contribution in [1.82, 2.24) is 10.6 Å². The van der Waals surface area contributed by atoms with Gasteiger partial charge in [0.2, 0.25) is 0 Å². The van der Waals surface area contributed by atoms with Gasteiger partial charge in [-0.1, -0.05) is 42.6 Å². The Morgan fingerprint density at radius 3 is 1.82 bits per heavy atom. The van der Waals surface area contributed by atoms with E-state index in [1.165, 1.54) is 0 Å². The van der Waals surface area contributed by atoms with E-state index in [9.17, 15) is 9.59 Å². The first-order chi connectivity index (χ1) is 16.4. The minimum Gasteiger partial charge on any atom is -0.493 e. The van der Waals surface area contributed by atoms with Gasteiger partial charge in [0.05, 0.1) is 13.7 Å². The zero-order chi connectivity index (χ0) is 24.5. The van der Waals surface area contributed by atoms with Crippen molar-refractivity contribution in [2.45, 2.75) is 25.9 Å². The van der Waals surface area contributed by atoms with Gasteiger partial charge in [0.1, 0.15) is 6.17 Å². The first-order valence-electron chi connectivity index (χ1n) is 10.8. The first-order valence-corrected chi connectivity index (χ1v) is 11.6. The standard InChI is InChI=1S/C26H26Cl2N2O4/c1-3-4-15-34-22-14-9-19(16-23(22)33-2)24(29-25(31)17-5-10-20(27)11-6-17)30-26(32)18-7-12-21(28)13-8-18/h5-14,16,24H,3-4,15H2,1-2H3,(H,29,31)(H,30,32). The molecular weight excluding hydrogens is 475 g/mol. The fraction of sp³-hybridized carbons (Fsp3) is 0.231. The molecule has 0 unspecified atom stereocenters. The second kappa shape index (κ2) is 12.3. The lowest BCUT2D eigenvalue weighted by Gasteiger charge is -2.22. The van der Waals surface area contributed by atoms with Crippen LogP contribution in [0, 0.1) is 0 Å². The number of hydrogen-bond donors (Lipinski definition) is 2. The Bertz CT molecular complexity index is 1060. The van der Waals surface area contributed by atoms with Gasteiger partial charge >= 0.3 is 0 Å². The molecule has 0 radical (unpaired) electrons. The van der Waals surface area contributed by atoms with Gasteiger partial charge in [-0.2, -0.15) is 0 Å². The van der Waals surface area contributed by atoms with E-state index < -0.39 is 6.17 Å². The average molecular weight is 501 g/mol. The second-order valence-corrected chi connectivity index (χ2v) is 8.38. The number of methoxy groups -OCH3 is 1. The lowest BCUT2D eigenvalue weighted by Crippen LogP contribution is -2.41. The van der Waals surface area contributed by atoms with Crippen LogP contribution in [0.1, 0.15) is 52.2 Å². The summed E-state index contributed by atoms with van der Waals surface area (Å²) in [5, 5.41) is 6.78. The zero-order valence-electron chi connectivity index (χ0n) is 18.9. The second-order valence-electron chi connectivity index (χ2n) is 7.51. The topological polar surface area (TPSA) is 76.7 Å². The lowest BCUT2D eigenvalue weighted by atomic mass is 10.1. The van der Waals surface area contributed by atoms with Crippen molar-refractivity contribution >= 4 is 35.0 Å². The smallest absolute Gasteiger partial charge is 0.253 e. The summed E-state index contributed by atoms with van der Waals surface area (Å²) < 4.78 is 11.3. The van der Waals surface area contributed by atoms with E-state index in [0.29, 0.717) is 44.8 Å². The lowest BCUT2D eigenvalue weighted by molar-refractivity contribution is 0.0883. The molecule has 0 aromatic heterocycles. The van der Waals surface area contributed by atoms with Gasteiger partial charge in [-0.3, -0.25) is 9.59 Å². The summed E-state index contributed by atoms with van der Waals surface area (Å²) in [5.41, 5.74) is 1.42. The number of rotatable bonds is 10. The van der Waals surface area contributed by atoms with Crippen molar-refractivity contribution in [1.29, 1.82) is 0 Å². The van der Waals surface area contributed by atoms with Gasteiger partial charge in [-0.25, -0.2) is 0 Å². The van der Waals surface area contributed by atoms with Crippen molar-refractivity contribution in [3.63, 3.8) is 0 Å². The molecule has 0 atom stereocenters. The number of carbonyl (C=O) groups is 2. The maximum Gasteiger partial charge on any atom is 0.253 e. The first kappa shape index (κ1) is 25.4. The quantitative estimate of drug-likeness (QED) is 0.262. The van der Waals surface area contributed by atoms with Crippen LogP contribution in [0.25, 0.3) is 0 Å². The van der Waals surface area contributed by atoms with Crippen molar-refractivity contribution < 1.29 is 19.1 Å². The molecule has 0 saturated carbocycles. The number of benzene rings is 3. The maximum atomic E-state index is 12.9. The van der Waals surface area contributed by atoms with E-state index in [4.69, 9.17) is 32.7 Å². The summed E-state index contributed by atoms with van der Waals surface area (Å²) >= 11 is 11.9. The van der Waals surface area contributed by atoms with E-state index in [1.807, 2.05) is 0 Å². The number of nitrogens with one attached hydrogen (secondary N) is 2. The Hall–Kier alpha value is -3.22. The molecule has 178 valence electrons. The normalized spacial score (nSPS) is 10.6. The molecule has 2 amide bonds. The highest BCUT2D eigenvalue weighted by atomic mass is 35.5. The summed E-state index contributed by atoms with van der Waals surface area (Å²) in [6.45, 7) is 2.65. The summed E-state index contributed by atoms with van der Waals surface area (Å²) in [7, 11) is 1.54. The molecule has 0 aliphatic carbocycles. The SMILES string of the molecule is CCCCOc1ccc(C(NC(=O)c2ccc(Cl)cc2)NC(=O)c2ccc(Cl)cc2)cc1OC. The van der Waals surface area contributed by atoms with Crippen LogP contribution < -0.4 is 20.1 Å². The van der Waals surface area contributed by atoms with Crippen LogP contribution >= 0.6 is 23.2 Å². The van der Waals surface area contributed by atoms with Crippen molar-refractivity contribution in [3.05, 3.63) is 93.5 Å². The van der Waals surface area contributed by atoms with Crippen LogP contribution in [-0.4, -0.2) is 25.5 Å². The van der Waals surface area contributed by atoms with E-state index >= 15 is 0 Å². The Kier molecular flexibility index (Phi) is 9.19. The van der Waals surface area contributed by atoms with Gasteiger partial charge in [0.15, 0.2) is 11.5 Å². The minimum atomic E-state index is -0.843. The predicted molar refractivity (Wildman–Crippen MR) is 134 cm³/mol. The molecule has 0 saturated heterocycles. The highest BCUT2D eigenvalue weighted by Crippen LogP contribution is 2.30. The molecular formula is C26H26Cl2N2O4. The third-order valence-corrected chi connectivity index (χ3v) is 5.54. The number of amides is 2. The van der Waals surface area contributed by atoms with E-state index in [-0.39, 0.29) is 11.8 Å². The summed E-state index contributed by atoms with van der Waals surface area (Å²) in [6, 6.07) is 18.2. The molecule has 3 aromatic carbocycles. The molecule has 8 heteroatoms. The van der Waals surface area contributed by atoms with Crippen LogP contribution in [0.15, 0.2) is 66.7 Å². The van der Waals surface area contributed by atoms with Crippen LogP contribution in [0.2, 0.25) is 10.0 Å². The molecule has 3 aromatic rings. The Morgan fingerprint density at radius 2 is 1.35 bits per heavy atom. The zero-order valence-corrected chi connectivity index (χ0v) is 20.5. The third kappa shape index (κ3) is 6.89. The highest BCUT2D eigenvalue weighted by Gasteiger charge is 2.21. The molecule has 0 fully saturated rings. The summed E-state index contributed by atoms with van der Waals surface area (Å²) in [6.07, 6.45) is 1.09. The van der Waals surface area contributed by atoms with Gasteiger partial charge in [0.25, 0.3) is 11.8 Å². The van der Waals surface area contributed by atoms with Gasteiger partial charge < -0.3 is 20.1 Å². The van der Waals surface area contributed by atoms with E-state index in [1.54, 1.807) is 73.8 Å². The average Bonchev–Trinajstić information content (AvgIpc) is 2.84. The molecule has 0 bridgehead atoms. The summed E-state index contributed by atoms with van der Waals surface area (Å²) in [4.78, 5) is 25.8. The Labute approximate surface area is 209 Å². The minimum absolute atomic E-state index is 0.375. The van der Waals surface area contributed by atoms with Crippen molar-refractivity contribution in [3.8, 4) is 11.5 Å². The van der Waals surface area contributed by atoms with E-state index in [2.05, 4.69) is 17.6 Å². The predicted octanol–water partition coefficient (Wildman–Crippen LogP) is 6.04. The van der Waals surface area contributed by atoms with Gasteiger partial charge in [0, 0.05) is 21.2 Å². The number of ether oxygens (including phenoxy) is 2. The van der Waals surface area contributed by atoms with Crippen LogP contribution in [0.5, 0.6) is 11.5 Å². The maximum absolute atomic E-state index is 12.9. The fourth-order valence-corrected chi connectivity index (χ4v) is 3.40. The third-order valence-electron chi connectivity index (χ3n) is 5.04. The van der Waals surface area contributed by atoms with E-state index in [0.717, 1.165) is 12.8 Å². The molecule has 0 aliphatic heterocycles. The molecule has 3 rings (SSSR count). The monoisotopic (exact) mass is 500 g/mol. The molecule has 34 heavy (non-hydrogen) atoms. The van der Waals surface area contributed by atoms with Crippen molar-refractivity contribution in [2.75, 3.05) is 13.7 Å². The molecule has 0 spiro atoms. The van der Waals surface area contributed by atoms with Crippen LogP contribution in [0.3, 0.4) is 0 Å². The Morgan fingerprint density at radius 1 is 0.824 bits per heavy atom. The molecule has 6 nitrogen and oxygen atoms in total. The van der Waals surface area contributed by atoms with Crippen LogP contribution in [0.4, 0.5) is 0 Å². The number of hydrogen-bond acceptors (Lipinski definition) is 4. The largest absolute Gasteiger partial charge is 0.493 e. The number of unbranched alkanes of at least 4 members (excludes halogenated alkanes) is 1.